The number of carbonyl (C=O) groups excluding carboxylic acids is 3. The van der Waals surface area contributed by atoms with Crippen LogP contribution in [0, 0.1) is 0 Å². The van der Waals surface area contributed by atoms with Gasteiger partial charge in [0.15, 0.2) is 5.78 Å². The van der Waals surface area contributed by atoms with Crippen LogP contribution in [0.3, 0.4) is 0 Å². The van der Waals surface area contributed by atoms with E-state index in [9.17, 15) is 14.4 Å². The van der Waals surface area contributed by atoms with Gasteiger partial charge >= 0.3 is 0 Å². The van der Waals surface area contributed by atoms with E-state index in [0.717, 1.165) is 28.5 Å². The molecule has 176 valence electrons. The van der Waals surface area contributed by atoms with E-state index in [1.54, 1.807) is 23.6 Å². The van der Waals surface area contributed by atoms with Gasteiger partial charge in [0.2, 0.25) is 5.91 Å². The van der Waals surface area contributed by atoms with Gasteiger partial charge in [0.25, 0.3) is 5.91 Å². The number of rotatable bonds is 6. The average Bonchev–Trinajstić information content (AvgIpc) is 3.51. The Labute approximate surface area is 210 Å². The molecule has 0 spiro atoms. The minimum Gasteiger partial charge on any atom is -0.367 e. The normalized spacial score (nSPS) is 22.5. The van der Waals surface area contributed by atoms with Crippen LogP contribution < -0.4 is 10.6 Å². The van der Waals surface area contributed by atoms with Crippen molar-refractivity contribution < 1.29 is 19.1 Å². The van der Waals surface area contributed by atoms with Gasteiger partial charge in [0.05, 0.1) is 21.7 Å². The van der Waals surface area contributed by atoms with Gasteiger partial charge in [-0.25, -0.2) is 0 Å². The predicted octanol–water partition coefficient (Wildman–Crippen LogP) is 4.56. The van der Waals surface area contributed by atoms with Crippen molar-refractivity contribution in [1.82, 2.24) is 10.6 Å². The molecule has 0 radical (unpaired) electrons. The van der Waals surface area contributed by atoms with Crippen LogP contribution in [-0.4, -0.2) is 41.9 Å². The maximum atomic E-state index is 13.5. The molecule has 1 saturated carbocycles. The van der Waals surface area contributed by atoms with Gasteiger partial charge in [-0.15, -0.1) is 11.3 Å². The minimum atomic E-state index is -1.02. The third-order valence-electron chi connectivity index (χ3n) is 6.62. The third kappa shape index (κ3) is 4.22. The lowest BCUT2D eigenvalue weighted by atomic mass is 9.91. The van der Waals surface area contributed by atoms with E-state index in [2.05, 4.69) is 10.6 Å². The number of nitrogens with one attached hydrogen (secondary N) is 2. The summed E-state index contributed by atoms with van der Waals surface area (Å²) in [5.41, 5.74) is 0.219. The molecule has 2 amide bonds. The highest BCUT2D eigenvalue weighted by Crippen LogP contribution is 2.38. The summed E-state index contributed by atoms with van der Waals surface area (Å²) in [5, 5.41) is 9.22. The highest BCUT2D eigenvalue weighted by atomic mass is 35.5. The summed E-state index contributed by atoms with van der Waals surface area (Å²) < 4.78 is 6.61. The SMILES string of the molecule is O=C(NC(Cc1ccc(Cl)c(Cl)c1)C(=O)NC12CCCC1OCC2=O)c1csc2ccccc12. The predicted molar refractivity (Wildman–Crippen MR) is 133 cm³/mol. The van der Waals surface area contributed by atoms with Crippen molar-refractivity contribution in [2.45, 2.75) is 43.4 Å². The molecule has 3 atom stereocenters. The zero-order valence-corrected chi connectivity index (χ0v) is 20.4. The molecule has 3 aromatic rings. The molecular formula is C25H22Cl2N2O4S. The maximum absolute atomic E-state index is 13.5. The number of ketones is 1. The van der Waals surface area contributed by atoms with E-state index >= 15 is 0 Å². The quantitative estimate of drug-likeness (QED) is 0.503. The molecule has 1 aromatic heterocycles. The maximum Gasteiger partial charge on any atom is 0.253 e. The van der Waals surface area contributed by atoms with E-state index in [4.69, 9.17) is 27.9 Å². The van der Waals surface area contributed by atoms with Gasteiger partial charge < -0.3 is 15.4 Å². The lowest BCUT2D eigenvalue weighted by molar-refractivity contribution is -0.131. The standard InChI is InChI=1S/C25H22Cl2N2O4S/c26-17-8-7-14(10-18(17)27)11-19(24(32)29-25-9-3-6-22(25)33-12-21(25)30)28-23(31)16-13-34-20-5-2-1-4-15(16)20/h1-2,4-5,7-8,10,13,19,22H,3,6,9,11-12H2,(H,28,31)(H,29,32). The monoisotopic (exact) mass is 516 g/mol. The summed E-state index contributed by atoms with van der Waals surface area (Å²) in [6.45, 7) is -0.00431. The molecule has 5 rings (SSSR count). The van der Waals surface area contributed by atoms with Crippen LogP contribution in [0.15, 0.2) is 47.8 Å². The molecule has 34 heavy (non-hydrogen) atoms. The number of Topliss-reactive ketones (excluding diaryl/α,β-unsaturated/α-hetero) is 1. The molecule has 2 aromatic carbocycles. The van der Waals surface area contributed by atoms with Crippen LogP contribution in [0.5, 0.6) is 0 Å². The number of hydrogen-bond donors (Lipinski definition) is 2. The number of hydrogen-bond acceptors (Lipinski definition) is 5. The number of thiophene rings is 1. The molecule has 6 nitrogen and oxygen atoms in total. The fourth-order valence-corrected chi connectivity index (χ4v) is 6.11. The van der Waals surface area contributed by atoms with Crippen LogP contribution in [0.25, 0.3) is 10.1 Å². The molecule has 9 heteroatoms. The van der Waals surface area contributed by atoms with Gasteiger partial charge in [-0.1, -0.05) is 47.5 Å². The van der Waals surface area contributed by atoms with Crippen molar-refractivity contribution >= 4 is 62.2 Å². The Morgan fingerprint density at radius 2 is 2.00 bits per heavy atom. The smallest absolute Gasteiger partial charge is 0.253 e. The summed E-state index contributed by atoms with van der Waals surface area (Å²) in [6, 6.07) is 11.8. The Morgan fingerprint density at radius 3 is 2.82 bits per heavy atom. The number of amides is 2. The molecule has 1 saturated heterocycles. The van der Waals surface area contributed by atoms with Crippen molar-refractivity contribution in [3.8, 4) is 0 Å². The Kier molecular flexibility index (Phi) is 6.37. The lowest BCUT2D eigenvalue weighted by Crippen LogP contribution is -2.60. The first-order valence-corrected chi connectivity index (χ1v) is 12.7. The van der Waals surface area contributed by atoms with Crippen molar-refractivity contribution in [2.75, 3.05) is 6.61 Å². The van der Waals surface area contributed by atoms with Crippen LogP contribution in [0.4, 0.5) is 0 Å². The Hall–Kier alpha value is -2.45. The van der Waals surface area contributed by atoms with E-state index in [-0.39, 0.29) is 30.8 Å². The summed E-state index contributed by atoms with van der Waals surface area (Å²) >= 11 is 13.7. The van der Waals surface area contributed by atoms with Gasteiger partial charge in [-0.2, -0.15) is 0 Å². The first kappa shape index (κ1) is 23.3. The highest BCUT2D eigenvalue weighted by Gasteiger charge is 2.55. The van der Waals surface area contributed by atoms with E-state index < -0.39 is 17.5 Å². The fraction of sp³-hybridized carbons (Fsp3) is 0.320. The molecule has 3 unspecified atom stereocenters. The second kappa shape index (κ2) is 9.30. The first-order chi connectivity index (χ1) is 16.4. The Bertz CT molecular complexity index is 1290. The van der Waals surface area contributed by atoms with Gasteiger partial charge in [-0.3, -0.25) is 14.4 Å². The van der Waals surface area contributed by atoms with E-state index in [0.29, 0.717) is 22.0 Å². The third-order valence-corrected chi connectivity index (χ3v) is 8.32. The van der Waals surface area contributed by atoms with Crippen molar-refractivity contribution in [3.05, 3.63) is 69.0 Å². The lowest BCUT2D eigenvalue weighted by Gasteiger charge is -2.30. The molecule has 0 bridgehead atoms. The Morgan fingerprint density at radius 1 is 1.18 bits per heavy atom. The number of fused-ring (bicyclic) bond motifs is 2. The summed E-state index contributed by atoms with van der Waals surface area (Å²) in [7, 11) is 0. The first-order valence-electron chi connectivity index (χ1n) is 11.1. The number of halogens is 2. The Balaban J connectivity index is 1.43. The second-order valence-electron chi connectivity index (χ2n) is 8.70. The van der Waals surface area contributed by atoms with Crippen LogP contribution >= 0.6 is 34.5 Å². The molecule has 1 aliphatic carbocycles. The van der Waals surface area contributed by atoms with Crippen molar-refractivity contribution in [1.29, 1.82) is 0 Å². The largest absolute Gasteiger partial charge is 0.367 e. The molecule has 2 aliphatic rings. The highest BCUT2D eigenvalue weighted by molar-refractivity contribution is 7.17. The minimum absolute atomic E-state index is 0.00431. The van der Waals surface area contributed by atoms with Crippen molar-refractivity contribution in [3.63, 3.8) is 0 Å². The van der Waals surface area contributed by atoms with Gasteiger partial charge in [0, 0.05) is 21.9 Å². The number of ether oxygens (including phenoxy) is 1. The zero-order valence-electron chi connectivity index (χ0n) is 18.1. The van der Waals surface area contributed by atoms with Gasteiger partial charge in [-0.05, 0) is 43.0 Å². The number of carbonyl (C=O) groups is 3. The van der Waals surface area contributed by atoms with Gasteiger partial charge in [0.1, 0.15) is 18.2 Å². The van der Waals surface area contributed by atoms with Crippen LogP contribution in [-0.2, 0) is 20.7 Å². The fourth-order valence-electron chi connectivity index (χ4n) is 4.84. The average molecular weight is 517 g/mol. The second-order valence-corrected chi connectivity index (χ2v) is 10.4. The summed E-state index contributed by atoms with van der Waals surface area (Å²) in [5.74, 6) is -0.899. The summed E-state index contributed by atoms with van der Waals surface area (Å²) in [4.78, 5) is 39.4. The summed E-state index contributed by atoms with van der Waals surface area (Å²) in [6.07, 6.45) is 1.90. The topological polar surface area (TPSA) is 84.5 Å². The van der Waals surface area contributed by atoms with E-state index in [1.165, 1.54) is 11.3 Å². The van der Waals surface area contributed by atoms with Crippen LogP contribution in [0.2, 0.25) is 10.0 Å². The molecule has 1 aliphatic heterocycles. The molecular weight excluding hydrogens is 495 g/mol. The van der Waals surface area contributed by atoms with Crippen molar-refractivity contribution in [2.24, 2.45) is 0 Å². The molecule has 2 N–H and O–H groups in total. The molecule has 2 fully saturated rings. The van der Waals surface area contributed by atoms with Crippen LogP contribution in [0.1, 0.15) is 35.2 Å². The molecule has 2 heterocycles. The van der Waals surface area contributed by atoms with E-state index in [1.807, 2.05) is 24.3 Å². The number of benzene rings is 2. The zero-order chi connectivity index (χ0) is 23.9.